The van der Waals surface area contributed by atoms with Crippen LogP contribution in [0.3, 0.4) is 0 Å². The van der Waals surface area contributed by atoms with Crippen LogP contribution in [0.5, 0.6) is 0 Å². The standard InChI is InChI=1S/C18H20ClFN4O.ClH/c19-15-2-1-12(20)9-14(15)11-4-7-24(8-5-11)18(25)17-13-3-6-21-10-16(13)22-23-17;/h1-2,9,11,21H,3-8,10H2,(H,22,23);1H. The molecule has 1 aromatic heterocycles. The SMILES string of the molecule is Cl.O=C(c1n[nH]c2c1CCNC2)N1CCC(c2cc(F)ccc2Cl)CC1. The molecule has 140 valence electrons. The number of likely N-dealkylation sites (tertiary alicyclic amines) is 1. The van der Waals surface area contributed by atoms with Crippen molar-refractivity contribution in [1.29, 1.82) is 0 Å². The molecule has 5 nitrogen and oxygen atoms in total. The number of H-pyrrole nitrogens is 1. The van der Waals surface area contributed by atoms with E-state index in [1.807, 2.05) is 4.90 Å². The van der Waals surface area contributed by atoms with Crippen LogP contribution in [-0.2, 0) is 13.0 Å². The summed E-state index contributed by atoms with van der Waals surface area (Å²) in [5.74, 6) is -0.0950. The topological polar surface area (TPSA) is 61.0 Å². The lowest BCUT2D eigenvalue weighted by Crippen LogP contribution is -2.39. The Labute approximate surface area is 162 Å². The lowest BCUT2D eigenvalue weighted by atomic mass is 9.89. The van der Waals surface area contributed by atoms with Crippen LogP contribution >= 0.6 is 24.0 Å². The fourth-order valence-corrected chi connectivity index (χ4v) is 4.06. The second kappa shape index (κ2) is 7.94. The lowest BCUT2D eigenvalue weighted by Gasteiger charge is -2.32. The van der Waals surface area contributed by atoms with Crippen molar-refractivity contribution >= 4 is 29.9 Å². The molecule has 1 amide bonds. The molecule has 0 unspecified atom stereocenters. The number of nitrogens with one attached hydrogen (secondary N) is 2. The zero-order valence-corrected chi connectivity index (χ0v) is 15.8. The van der Waals surface area contributed by atoms with Crippen molar-refractivity contribution in [2.75, 3.05) is 19.6 Å². The molecule has 2 N–H and O–H groups in total. The largest absolute Gasteiger partial charge is 0.337 e. The van der Waals surface area contributed by atoms with Crippen molar-refractivity contribution in [2.45, 2.75) is 31.7 Å². The quantitative estimate of drug-likeness (QED) is 0.815. The summed E-state index contributed by atoms with van der Waals surface area (Å²) in [6, 6.07) is 4.50. The molecule has 2 aromatic rings. The average molecular weight is 399 g/mol. The number of carbonyl (C=O) groups is 1. The van der Waals surface area contributed by atoms with E-state index in [0.717, 1.165) is 49.2 Å². The zero-order chi connectivity index (χ0) is 17.4. The van der Waals surface area contributed by atoms with Crippen LogP contribution in [0.15, 0.2) is 18.2 Å². The Bertz CT molecular complexity index is 802. The molecule has 0 saturated carbocycles. The Morgan fingerprint density at radius 3 is 2.85 bits per heavy atom. The predicted molar refractivity (Wildman–Crippen MR) is 101 cm³/mol. The minimum absolute atomic E-state index is 0. The molecule has 0 bridgehead atoms. The van der Waals surface area contributed by atoms with Gasteiger partial charge < -0.3 is 10.2 Å². The monoisotopic (exact) mass is 398 g/mol. The number of benzene rings is 1. The van der Waals surface area contributed by atoms with Crippen molar-refractivity contribution in [3.05, 3.63) is 51.6 Å². The molecule has 3 heterocycles. The first-order valence-corrected chi connectivity index (χ1v) is 9.02. The van der Waals surface area contributed by atoms with E-state index in [2.05, 4.69) is 15.5 Å². The van der Waals surface area contributed by atoms with E-state index in [-0.39, 0.29) is 30.0 Å². The molecule has 26 heavy (non-hydrogen) atoms. The molecule has 0 radical (unpaired) electrons. The lowest BCUT2D eigenvalue weighted by molar-refractivity contribution is 0.0705. The highest BCUT2D eigenvalue weighted by Crippen LogP contribution is 2.33. The van der Waals surface area contributed by atoms with Crippen LogP contribution in [0, 0.1) is 5.82 Å². The highest BCUT2D eigenvalue weighted by molar-refractivity contribution is 6.31. The van der Waals surface area contributed by atoms with Gasteiger partial charge in [-0.1, -0.05) is 11.6 Å². The Morgan fingerprint density at radius 2 is 2.08 bits per heavy atom. The normalized spacial score (nSPS) is 17.5. The Morgan fingerprint density at radius 1 is 1.31 bits per heavy atom. The van der Waals surface area contributed by atoms with Crippen LogP contribution in [0.1, 0.15) is 46.1 Å². The number of aromatic nitrogens is 2. The Kier molecular flexibility index (Phi) is 5.85. The number of fused-ring (bicyclic) bond motifs is 1. The van der Waals surface area contributed by atoms with Gasteiger partial charge in [0.1, 0.15) is 5.82 Å². The molecule has 4 rings (SSSR count). The van der Waals surface area contributed by atoms with Gasteiger partial charge in [-0.3, -0.25) is 9.89 Å². The van der Waals surface area contributed by atoms with Gasteiger partial charge in [-0.05, 0) is 55.5 Å². The van der Waals surface area contributed by atoms with Gasteiger partial charge >= 0.3 is 0 Å². The molecule has 1 aromatic carbocycles. The molecule has 1 fully saturated rings. The van der Waals surface area contributed by atoms with E-state index in [4.69, 9.17) is 11.6 Å². The molecule has 0 atom stereocenters. The summed E-state index contributed by atoms with van der Waals surface area (Å²) in [6.45, 7) is 2.87. The third-order valence-corrected chi connectivity index (χ3v) is 5.53. The van der Waals surface area contributed by atoms with Gasteiger partial charge in [-0.15, -0.1) is 12.4 Å². The van der Waals surface area contributed by atoms with Gasteiger partial charge in [-0.25, -0.2) is 4.39 Å². The molecule has 0 spiro atoms. The van der Waals surface area contributed by atoms with E-state index in [0.29, 0.717) is 23.8 Å². The first-order chi connectivity index (χ1) is 12.1. The fraction of sp³-hybridized carbons (Fsp3) is 0.444. The smallest absolute Gasteiger partial charge is 0.274 e. The maximum Gasteiger partial charge on any atom is 0.274 e. The number of nitrogens with zero attached hydrogens (tertiary/aromatic N) is 2. The molecule has 8 heteroatoms. The summed E-state index contributed by atoms with van der Waals surface area (Å²) < 4.78 is 13.5. The summed E-state index contributed by atoms with van der Waals surface area (Å²) in [5.41, 5.74) is 3.45. The summed E-state index contributed by atoms with van der Waals surface area (Å²) in [7, 11) is 0. The van der Waals surface area contributed by atoms with Crippen LogP contribution in [0.2, 0.25) is 5.02 Å². The Hall–Kier alpha value is -1.63. The van der Waals surface area contributed by atoms with E-state index in [1.54, 1.807) is 6.07 Å². The fourth-order valence-electron chi connectivity index (χ4n) is 3.79. The van der Waals surface area contributed by atoms with Gasteiger partial charge in [0.25, 0.3) is 5.91 Å². The molecule has 1 saturated heterocycles. The minimum Gasteiger partial charge on any atom is -0.337 e. The summed E-state index contributed by atoms with van der Waals surface area (Å²) in [6.07, 6.45) is 2.38. The number of aromatic amines is 1. The highest BCUT2D eigenvalue weighted by atomic mass is 35.5. The van der Waals surface area contributed by atoms with Crippen molar-refractivity contribution in [3.63, 3.8) is 0 Å². The first-order valence-electron chi connectivity index (χ1n) is 8.64. The number of hydrogen-bond acceptors (Lipinski definition) is 3. The predicted octanol–water partition coefficient (Wildman–Crippen LogP) is 3.29. The minimum atomic E-state index is -0.269. The van der Waals surface area contributed by atoms with Gasteiger partial charge in [0.2, 0.25) is 0 Å². The van der Waals surface area contributed by atoms with E-state index >= 15 is 0 Å². The number of piperidine rings is 1. The van der Waals surface area contributed by atoms with E-state index in [1.165, 1.54) is 12.1 Å². The van der Waals surface area contributed by atoms with E-state index in [9.17, 15) is 9.18 Å². The zero-order valence-electron chi connectivity index (χ0n) is 14.2. The number of amides is 1. The highest BCUT2D eigenvalue weighted by Gasteiger charge is 2.29. The van der Waals surface area contributed by atoms with Crippen LogP contribution in [0.25, 0.3) is 0 Å². The molecule has 2 aliphatic rings. The van der Waals surface area contributed by atoms with Crippen LogP contribution in [-0.4, -0.2) is 40.6 Å². The van der Waals surface area contributed by atoms with Gasteiger partial charge in [0.05, 0.1) is 5.69 Å². The Balaban J connectivity index is 0.00000196. The van der Waals surface area contributed by atoms with Crippen molar-refractivity contribution < 1.29 is 9.18 Å². The van der Waals surface area contributed by atoms with E-state index < -0.39 is 0 Å². The number of hydrogen-bond donors (Lipinski definition) is 2. The average Bonchev–Trinajstić information content (AvgIpc) is 3.07. The number of carbonyl (C=O) groups excluding carboxylic acids is 1. The van der Waals surface area contributed by atoms with Gasteiger partial charge in [0.15, 0.2) is 5.69 Å². The van der Waals surface area contributed by atoms with Crippen molar-refractivity contribution in [1.82, 2.24) is 20.4 Å². The third kappa shape index (κ3) is 3.59. The van der Waals surface area contributed by atoms with Crippen LogP contribution in [0.4, 0.5) is 4.39 Å². The first kappa shape index (κ1) is 19.1. The molecular weight excluding hydrogens is 378 g/mol. The molecular formula is C18H21Cl2FN4O. The second-order valence-corrected chi connectivity index (χ2v) is 7.10. The second-order valence-electron chi connectivity index (χ2n) is 6.69. The number of rotatable bonds is 2. The van der Waals surface area contributed by atoms with Crippen molar-refractivity contribution in [2.24, 2.45) is 0 Å². The molecule has 2 aliphatic heterocycles. The molecule has 0 aliphatic carbocycles. The summed E-state index contributed by atoms with van der Waals surface area (Å²) in [5, 5.41) is 11.1. The van der Waals surface area contributed by atoms with Crippen LogP contribution < -0.4 is 5.32 Å². The van der Waals surface area contributed by atoms with Crippen molar-refractivity contribution in [3.8, 4) is 0 Å². The summed E-state index contributed by atoms with van der Waals surface area (Å²) >= 11 is 6.22. The maximum atomic E-state index is 13.5. The third-order valence-electron chi connectivity index (χ3n) is 5.19. The van der Waals surface area contributed by atoms with Gasteiger partial charge in [-0.2, -0.15) is 5.10 Å². The maximum absolute atomic E-state index is 13.5. The van der Waals surface area contributed by atoms with Gasteiger partial charge in [0, 0.05) is 30.2 Å². The summed E-state index contributed by atoms with van der Waals surface area (Å²) in [4.78, 5) is 14.7. The number of halogens is 3.